The fraction of sp³-hybridized carbons (Fsp3) is 0.125. The van der Waals surface area contributed by atoms with Gasteiger partial charge in [-0.1, -0.05) is 83.6 Å². The van der Waals surface area contributed by atoms with Crippen LogP contribution in [0, 0.1) is 0 Å². The molecule has 0 spiro atoms. The minimum atomic E-state index is -0.627. The fourth-order valence-corrected chi connectivity index (χ4v) is 4.65. The first-order valence-corrected chi connectivity index (χ1v) is 10.8. The Labute approximate surface area is 187 Å². The van der Waals surface area contributed by atoms with E-state index in [0.717, 1.165) is 11.1 Å². The molecule has 1 atom stereocenters. The van der Waals surface area contributed by atoms with Crippen LogP contribution in [0.25, 0.3) is 12.2 Å². The Kier molecular flexibility index (Phi) is 6.02. The van der Waals surface area contributed by atoms with Crippen molar-refractivity contribution in [2.45, 2.75) is 13.0 Å². The van der Waals surface area contributed by atoms with Crippen molar-refractivity contribution in [1.29, 1.82) is 0 Å². The molecule has 1 aliphatic heterocycles. The zero-order chi connectivity index (χ0) is 22.0. The van der Waals surface area contributed by atoms with Gasteiger partial charge in [0.05, 0.1) is 29.0 Å². The highest BCUT2D eigenvalue weighted by atomic mass is 35.5. The zero-order valence-electron chi connectivity index (χ0n) is 16.9. The number of ether oxygens (including phenoxy) is 1. The van der Waals surface area contributed by atoms with Crippen LogP contribution in [0.4, 0.5) is 0 Å². The van der Waals surface area contributed by atoms with Crippen LogP contribution < -0.4 is 14.9 Å². The number of methoxy groups -OCH3 is 1. The maximum atomic E-state index is 13.3. The molecule has 2 heterocycles. The van der Waals surface area contributed by atoms with Crippen LogP contribution >= 0.6 is 22.9 Å². The Bertz CT molecular complexity index is 1380. The lowest BCUT2D eigenvalue weighted by atomic mass is 10.0. The summed E-state index contributed by atoms with van der Waals surface area (Å²) in [4.78, 5) is 30.9. The van der Waals surface area contributed by atoms with Crippen molar-refractivity contribution in [3.8, 4) is 0 Å². The molecule has 0 radical (unpaired) electrons. The van der Waals surface area contributed by atoms with Crippen molar-refractivity contribution in [2.75, 3.05) is 7.11 Å². The lowest BCUT2D eigenvalue weighted by Gasteiger charge is -2.21. The quantitative estimate of drug-likeness (QED) is 0.569. The second kappa shape index (κ2) is 8.88. The molecule has 0 bridgehead atoms. The summed E-state index contributed by atoms with van der Waals surface area (Å²) in [6.07, 6.45) is 5.47. The Morgan fingerprint density at radius 2 is 1.87 bits per heavy atom. The molecule has 0 unspecified atom stereocenters. The van der Waals surface area contributed by atoms with Crippen LogP contribution in [0.1, 0.15) is 24.1 Å². The van der Waals surface area contributed by atoms with Crippen molar-refractivity contribution in [3.63, 3.8) is 0 Å². The molecular weight excluding hydrogens is 432 g/mol. The van der Waals surface area contributed by atoms with Gasteiger partial charge in [0.15, 0.2) is 4.80 Å². The molecule has 4 rings (SSSR count). The SMILES string of the molecule is COC(=O)C1=C(C)N=c2s/c(=C\c3ccccc3Cl)c(=O)n2[C@@H]1/C=C/c1ccccc1. The van der Waals surface area contributed by atoms with Crippen molar-refractivity contribution < 1.29 is 9.53 Å². The molecule has 0 saturated carbocycles. The van der Waals surface area contributed by atoms with Crippen LogP contribution in [0.2, 0.25) is 5.02 Å². The maximum Gasteiger partial charge on any atom is 0.338 e. The average Bonchev–Trinajstić information content (AvgIpc) is 3.08. The molecule has 1 aliphatic rings. The minimum Gasteiger partial charge on any atom is -0.466 e. The number of thiazole rings is 1. The van der Waals surface area contributed by atoms with Gasteiger partial charge in [-0.05, 0) is 30.2 Å². The van der Waals surface area contributed by atoms with Crippen molar-refractivity contribution in [1.82, 2.24) is 4.57 Å². The summed E-state index contributed by atoms with van der Waals surface area (Å²) in [6, 6.07) is 16.4. The molecule has 3 aromatic rings. The molecule has 156 valence electrons. The highest BCUT2D eigenvalue weighted by molar-refractivity contribution is 7.07. The first kappa shape index (κ1) is 21.0. The van der Waals surface area contributed by atoms with Gasteiger partial charge in [0.1, 0.15) is 0 Å². The van der Waals surface area contributed by atoms with Crippen molar-refractivity contribution in [3.05, 3.63) is 108 Å². The van der Waals surface area contributed by atoms with Crippen molar-refractivity contribution >= 4 is 41.1 Å². The number of benzene rings is 2. The summed E-state index contributed by atoms with van der Waals surface area (Å²) >= 11 is 7.53. The van der Waals surface area contributed by atoms with E-state index >= 15 is 0 Å². The molecule has 0 amide bonds. The van der Waals surface area contributed by atoms with E-state index in [1.165, 1.54) is 23.0 Å². The Balaban J connectivity index is 1.90. The Morgan fingerprint density at radius 1 is 1.16 bits per heavy atom. The minimum absolute atomic E-state index is 0.236. The topological polar surface area (TPSA) is 60.7 Å². The zero-order valence-corrected chi connectivity index (χ0v) is 18.5. The molecule has 2 aromatic carbocycles. The number of aromatic nitrogens is 1. The van der Waals surface area contributed by atoms with Gasteiger partial charge >= 0.3 is 5.97 Å². The van der Waals surface area contributed by atoms with Gasteiger partial charge in [-0.2, -0.15) is 0 Å². The summed E-state index contributed by atoms with van der Waals surface area (Å²) in [5, 5.41) is 0.556. The molecule has 0 aliphatic carbocycles. The van der Waals surface area contributed by atoms with Crippen LogP contribution in [0.3, 0.4) is 0 Å². The van der Waals surface area contributed by atoms with Crippen LogP contribution in [0.15, 0.2) is 81.7 Å². The third-order valence-electron chi connectivity index (χ3n) is 4.93. The van der Waals surface area contributed by atoms with Crippen LogP contribution in [0.5, 0.6) is 0 Å². The maximum absolute atomic E-state index is 13.3. The molecular formula is C24H19ClN2O3S. The molecule has 7 heteroatoms. The molecule has 0 saturated heterocycles. The standard InChI is InChI=1S/C24H19ClN2O3S/c1-15-21(23(29)30-2)19(13-12-16-8-4-3-5-9-16)27-22(28)20(31-24(27)26-15)14-17-10-6-7-11-18(17)25/h3-14,19H,1-2H3/b13-12+,20-14-/t19-/m1/s1. The number of hydrogen-bond acceptors (Lipinski definition) is 5. The number of carbonyl (C=O) groups excluding carboxylic acids is 1. The Hall–Kier alpha value is -3.22. The summed E-state index contributed by atoms with van der Waals surface area (Å²) in [5.74, 6) is -0.510. The van der Waals surface area contributed by atoms with E-state index in [-0.39, 0.29) is 5.56 Å². The van der Waals surface area contributed by atoms with Gasteiger partial charge in [0.25, 0.3) is 5.56 Å². The smallest absolute Gasteiger partial charge is 0.338 e. The van der Waals surface area contributed by atoms with E-state index in [1.807, 2.05) is 60.7 Å². The van der Waals surface area contributed by atoms with Gasteiger partial charge < -0.3 is 4.74 Å². The first-order chi connectivity index (χ1) is 15.0. The van der Waals surface area contributed by atoms with Crippen LogP contribution in [-0.4, -0.2) is 17.6 Å². The monoisotopic (exact) mass is 450 g/mol. The van der Waals surface area contributed by atoms with E-state index < -0.39 is 12.0 Å². The number of esters is 1. The lowest BCUT2D eigenvalue weighted by Crippen LogP contribution is -2.38. The van der Waals surface area contributed by atoms with E-state index in [4.69, 9.17) is 16.3 Å². The van der Waals surface area contributed by atoms with E-state index in [2.05, 4.69) is 4.99 Å². The highest BCUT2D eigenvalue weighted by Crippen LogP contribution is 2.26. The predicted molar refractivity (Wildman–Crippen MR) is 124 cm³/mol. The lowest BCUT2D eigenvalue weighted by molar-refractivity contribution is -0.136. The number of hydrogen-bond donors (Lipinski definition) is 0. The summed E-state index contributed by atoms with van der Waals surface area (Å²) in [5.41, 5.74) is 2.33. The number of rotatable bonds is 4. The fourth-order valence-electron chi connectivity index (χ4n) is 3.42. The molecule has 5 nitrogen and oxygen atoms in total. The normalized spacial score (nSPS) is 16.4. The average molecular weight is 451 g/mol. The second-order valence-corrected chi connectivity index (χ2v) is 8.32. The van der Waals surface area contributed by atoms with Gasteiger partial charge in [-0.15, -0.1) is 0 Å². The van der Waals surface area contributed by atoms with E-state index in [0.29, 0.717) is 25.6 Å². The molecule has 0 fully saturated rings. The number of nitrogens with zero attached hydrogens (tertiary/aromatic N) is 2. The van der Waals surface area contributed by atoms with Gasteiger partial charge in [-0.25, -0.2) is 9.79 Å². The number of allylic oxidation sites excluding steroid dienone is 2. The summed E-state index contributed by atoms with van der Waals surface area (Å²) in [6.45, 7) is 1.75. The van der Waals surface area contributed by atoms with Crippen molar-refractivity contribution in [2.24, 2.45) is 4.99 Å². The third-order valence-corrected chi connectivity index (χ3v) is 6.26. The van der Waals surface area contributed by atoms with Gasteiger partial charge in [0, 0.05) is 5.02 Å². The molecule has 1 aromatic heterocycles. The second-order valence-electron chi connectivity index (χ2n) is 6.91. The predicted octanol–water partition coefficient (Wildman–Crippen LogP) is 3.73. The summed E-state index contributed by atoms with van der Waals surface area (Å²) < 4.78 is 7.01. The number of fused-ring (bicyclic) bond motifs is 1. The van der Waals surface area contributed by atoms with E-state index in [1.54, 1.807) is 19.1 Å². The van der Waals surface area contributed by atoms with Crippen LogP contribution in [-0.2, 0) is 9.53 Å². The largest absolute Gasteiger partial charge is 0.466 e. The molecule has 0 N–H and O–H groups in total. The van der Waals surface area contributed by atoms with E-state index in [9.17, 15) is 9.59 Å². The molecule has 31 heavy (non-hydrogen) atoms. The number of halogens is 1. The summed E-state index contributed by atoms with van der Waals surface area (Å²) in [7, 11) is 1.32. The third kappa shape index (κ3) is 4.17. The van der Waals surface area contributed by atoms with Gasteiger partial charge in [-0.3, -0.25) is 9.36 Å². The Morgan fingerprint density at radius 3 is 2.58 bits per heavy atom. The highest BCUT2D eigenvalue weighted by Gasteiger charge is 2.30. The number of carbonyl (C=O) groups is 1. The van der Waals surface area contributed by atoms with Gasteiger partial charge in [0.2, 0.25) is 0 Å². The first-order valence-electron chi connectivity index (χ1n) is 9.58.